The van der Waals surface area contributed by atoms with Crippen molar-refractivity contribution >= 4 is 10.0 Å². The maximum Gasteiger partial charge on any atom is 0.241 e. The van der Waals surface area contributed by atoms with E-state index < -0.39 is 10.0 Å². The molecule has 7 heteroatoms. The topological polar surface area (TPSA) is 98.0 Å². The monoisotopic (exact) mass is 306 g/mol. The molecular formula is C14H18N4O2S. The molecule has 0 bridgehead atoms. The largest absolute Gasteiger partial charge is 0.326 e. The standard InChI is InChI=1S/C14H18N4O2S/c1-10-5-11(2)14(6-12(10)7-15)21(19,20)18-8-13-3-4-16-9-17-13/h3-6,9,18H,7-8,15H2,1-2H3. The minimum atomic E-state index is -3.60. The normalized spacial score (nSPS) is 11.6. The van der Waals surface area contributed by atoms with Gasteiger partial charge in [-0.15, -0.1) is 0 Å². The van der Waals surface area contributed by atoms with Gasteiger partial charge in [0, 0.05) is 12.7 Å². The second-order valence-corrected chi connectivity index (χ2v) is 6.51. The van der Waals surface area contributed by atoms with E-state index in [4.69, 9.17) is 5.73 Å². The van der Waals surface area contributed by atoms with Crippen LogP contribution in [0, 0.1) is 13.8 Å². The molecule has 1 aromatic heterocycles. The van der Waals surface area contributed by atoms with Crippen LogP contribution >= 0.6 is 0 Å². The van der Waals surface area contributed by atoms with Gasteiger partial charge in [0.2, 0.25) is 10.0 Å². The Bertz CT molecular complexity index is 730. The highest BCUT2D eigenvalue weighted by atomic mass is 32.2. The fourth-order valence-electron chi connectivity index (χ4n) is 2.05. The molecule has 3 N–H and O–H groups in total. The van der Waals surface area contributed by atoms with Crippen LogP contribution in [-0.4, -0.2) is 18.4 Å². The molecule has 2 aromatic rings. The predicted octanol–water partition coefficient (Wildman–Crippen LogP) is 1.03. The van der Waals surface area contributed by atoms with Gasteiger partial charge in [0.1, 0.15) is 6.33 Å². The van der Waals surface area contributed by atoms with E-state index in [1.165, 1.54) is 6.33 Å². The third kappa shape index (κ3) is 3.63. The summed E-state index contributed by atoms with van der Waals surface area (Å²) in [4.78, 5) is 8.03. The molecule has 21 heavy (non-hydrogen) atoms. The maximum absolute atomic E-state index is 12.4. The summed E-state index contributed by atoms with van der Waals surface area (Å²) in [6, 6.07) is 5.13. The lowest BCUT2D eigenvalue weighted by atomic mass is 10.1. The number of nitrogens with one attached hydrogen (secondary N) is 1. The lowest BCUT2D eigenvalue weighted by Gasteiger charge is -2.12. The van der Waals surface area contributed by atoms with E-state index in [2.05, 4.69) is 14.7 Å². The van der Waals surface area contributed by atoms with Gasteiger partial charge in [0.05, 0.1) is 17.1 Å². The molecule has 0 saturated heterocycles. The zero-order valence-corrected chi connectivity index (χ0v) is 12.8. The van der Waals surface area contributed by atoms with Crippen molar-refractivity contribution in [2.75, 3.05) is 0 Å². The molecule has 0 aliphatic heterocycles. The van der Waals surface area contributed by atoms with Gasteiger partial charge >= 0.3 is 0 Å². The summed E-state index contributed by atoms with van der Waals surface area (Å²) in [7, 11) is -3.60. The average molecular weight is 306 g/mol. The number of rotatable bonds is 5. The van der Waals surface area contributed by atoms with E-state index in [1.807, 2.05) is 13.0 Å². The summed E-state index contributed by atoms with van der Waals surface area (Å²) in [5.74, 6) is 0. The molecule has 0 radical (unpaired) electrons. The van der Waals surface area contributed by atoms with Crippen LogP contribution in [0.1, 0.15) is 22.4 Å². The third-order valence-electron chi connectivity index (χ3n) is 3.23. The van der Waals surface area contributed by atoms with Crippen molar-refractivity contribution in [3.8, 4) is 0 Å². The molecule has 0 amide bonds. The van der Waals surface area contributed by atoms with Gasteiger partial charge in [-0.05, 0) is 42.7 Å². The highest BCUT2D eigenvalue weighted by Crippen LogP contribution is 2.20. The van der Waals surface area contributed by atoms with E-state index >= 15 is 0 Å². The zero-order valence-electron chi connectivity index (χ0n) is 12.0. The molecule has 6 nitrogen and oxygen atoms in total. The first-order valence-corrected chi connectivity index (χ1v) is 7.97. The Labute approximate surface area is 124 Å². The first-order valence-electron chi connectivity index (χ1n) is 6.49. The van der Waals surface area contributed by atoms with Gasteiger partial charge in [0.15, 0.2) is 0 Å². The van der Waals surface area contributed by atoms with Crippen LogP contribution in [0.25, 0.3) is 0 Å². The average Bonchev–Trinajstić information content (AvgIpc) is 2.46. The molecule has 0 saturated carbocycles. The predicted molar refractivity (Wildman–Crippen MR) is 79.9 cm³/mol. The Morgan fingerprint density at radius 3 is 2.62 bits per heavy atom. The molecule has 1 aromatic carbocycles. The van der Waals surface area contributed by atoms with Crippen LogP contribution in [0.3, 0.4) is 0 Å². The molecule has 0 unspecified atom stereocenters. The molecule has 2 rings (SSSR count). The number of benzene rings is 1. The van der Waals surface area contributed by atoms with Crippen LogP contribution < -0.4 is 10.5 Å². The van der Waals surface area contributed by atoms with E-state index in [1.54, 1.807) is 25.3 Å². The van der Waals surface area contributed by atoms with Gasteiger partial charge in [-0.1, -0.05) is 6.07 Å². The number of sulfonamides is 1. The third-order valence-corrected chi connectivity index (χ3v) is 4.77. The molecule has 0 fully saturated rings. The molecule has 112 valence electrons. The summed E-state index contributed by atoms with van der Waals surface area (Å²) in [5, 5.41) is 0. The first-order chi connectivity index (χ1) is 9.94. The molecular weight excluding hydrogens is 288 g/mol. The second kappa shape index (κ2) is 6.30. The van der Waals surface area contributed by atoms with Crippen molar-refractivity contribution < 1.29 is 8.42 Å². The van der Waals surface area contributed by atoms with Crippen LogP contribution in [0.5, 0.6) is 0 Å². The van der Waals surface area contributed by atoms with E-state index in [0.717, 1.165) is 11.1 Å². The summed E-state index contributed by atoms with van der Waals surface area (Å²) < 4.78 is 27.4. The number of aryl methyl sites for hydroxylation is 2. The summed E-state index contributed by atoms with van der Waals surface area (Å²) in [5.41, 5.74) is 8.76. The number of nitrogens with two attached hydrogens (primary N) is 1. The minimum Gasteiger partial charge on any atom is -0.326 e. The molecule has 0 atom stereocenters. The lowest BCUT2D eigenvalue weighted by molar-refractivity contribution is 0.579. The van der Waals surface area contributed by atoms with Crippen LogP contribution in [0.2, 0.25) is 0 Å². The Morgan fingerprint density at radius 1 is 1.24 bits per heavy atom. The van der Waals surface area contributed by atoms with E-state index in [-0.39, 0.29) is 11.4 Å². The Morgan fingerprint density at radius 2 is 2.00 bits per heavy atom. The van der Waals surface area contributed by atoms with Crippen molar-refractivity contribution in [1.82, 2.24) is 14.7 Å². The van der Waals surface area contributed by atoms with Gasteiger partial charge in [0.25, 0.3) is 0 Å². The Balaban J connectivity index is 2.27. The molecule has 1 heterocycles. The fourth-order valence-corrected chi connectivity index (χ4v) is 3.33. The first kappa shape index (κ1) is 15.6. The van der Waals surface area contributed by atoms with Gasteiger partial charge in [-0.3, -0.25) is 0 Å². The molecule has 0 aliphatic carbocycles. The molecule has 0 spiro atoms. The van der Waals surface area contributed by atoms with Crippen LogP contribution in [0.15, 0.2) is 35.6 Å². The van der Waals surface area contributed by atoms with Crippen molar-refractivity contribution in [2.45, 2.75) is 31.8 Å². The van der Waals surface area contributed by atoms with Crippen molar-refractivity contribution in [3.63, 3.8) is 0 Å². The van der Waals surface area contributed by atoms with Crippen LogP contribution in [0.4, 0.5) is 0 Å². The van der Waals surface area contributed by atoms with Crippen molar-refractivity contribution in [2.24, 2.45) is 5.73 Å². The smallest absolute Gasteiger partial charge is 0.241 e. The number of aromatic nitrogens is 2. The molecule has 0 aliphatic rings. The van der Waals surface area contributed by atoms with E-state index in [9.17, 15) is 8.42 Å². The second-order valence-electron chi connectivity index (χ2n) is 4.77. The Hall–Kier alpha value is -1.83. The van der Waals surface area contributed by atoms with Gasteiger partial charge in [-0.25, -0.2) is 23.1 Å². The lowest BCUT2D eigenvalue weighted by Crippen LogP contribution is -2.25. The summed E-state index contributed by atoms with van der Waals surface area (Å²) in [6.45, 7) is 4.11. The quantitative estimate of drug-likeness (QED) is 0.860. The van der Waals surface area contributed by atoms with E-state index in [0.29, 0.717) is 17.8 Å². The maximum atomic E-state index is 12.4. The minimum absolute atomic E-state index is 0.121. The highest BCUT2D eigenvalue weighted by Gasteiger charge is 2.18. The fraction of sp³-hybridized carbons (Fsp3) is 0.286. The van der Waals surface area contributed by atoms with Gasteiger partial charge < -0.3 is 5.73 Å². The zero-order chi connectivity index (χ0) is 15.5. The summed E-state index contributed by atoms with van der Waals surface area (Å²) in [6.07, 6.45) is 2.95. The van der Waals surface area contributed by atoms with Gasteiger partial charge in [-0.2, -0.15) is 0 Å². The number of nitrogens with zero attached hydrogens (tertiary/aromatic N) is 2. The van der Waals surface area contributed by atoms with Crippen LogP contribution in [-0.2, 0) is 23.1 Å². The SMILES string of the molecule is Cc1cc(C)c(S(=O)(=O)NCc2ccncn2)cc1CN. The highest BCUT2D eigenvalue weighted by molar-refractivity contribution is 7.89. The Kier molecular flexibility index (Phi) is 4.66. The summed E-state index contributed by atoms with van der Waals surface area (Å²) >= 11 is 0. The van der Waals surface area contributed by atoms with Crippen molar-refractivity contribution in [1.29, 1.82) is 0 Å². The van der Waals surface area contributed by atoms with Crippen molar-refractivity contribution in [3.05, 3.63) is 53.1 Å². The number of hydrogen-bond acceptors (Lipinski definition) is 5. The number of hydrogen-bond donors (Lipinski definition) is 2.